The monoisotopic (exact) mass is 356 g/mol. The number of likely N-dealkylation sites (tertiary alicyclic amines) is 1. The molecule has 1 atom stereocenters. The first-order valence-electron chi connectivity index (χ1n) is 7.98. The van der Waals surface area contributed by atoms with E-state index in [0.717, 1.165) is 10.5 Å². The fraction of sp³-hybridized carbons (Fsp3) is 0.529. The quantitative estimate of drug-likeness (QED) is 0.905. The van der Waals surface area contributed by atoms with Crippen LogP contribution in [0.4, 0.5) is 8.78 Å². The number of aryl methyl sites for hydroxylation is 1. The second kappa shape index (κ2) is 6.31. The number of amides is 2. The average Bonchev–Trinajstić information content (AvgIpc) is 2.84. The molecule has 1 N–H and O–H groups in total. The molecule has 2 amide bonds. The van der Waals surface area contributed by atoms with Crippen molar-refractivity contribution in [3.8, 4) is 0 Å². The van der Waals surface area contributed by atoms with Crippen LogP contribution < -0.4 is 5.32 Å². The Bertz CT molecular complexity index is 650. The highest BCUT2D eigenvalue weighted by Crippen LogP contribution is 2.43. The molecule has 2 saturated heterocycles. The van der Waals surface area contributed by atoms with Crippen molar-refractivity contribution >= 4 is 23.4 Å². The molecule has 1 unspecified atom stereocenters. The number of carbonyl (C=O) groups excluding carboxylic acids is 2. The molecule has 2 heterocycles. The fourth-order valence-electron chi connectivity index (χ4n) is 3.58. The van der Waals surface area contributed by atoms with Gasteiger partial charge in [-0.15, -0.1) is 0 Å². The molecule has 24 heavy (non-hydrogen) atoms. The van der Waals surface area contributed by atoms with Crippen LogP contribution in [0.2, 0.25) is 5.02 Å². The van der Waals surface area contributed by atoms with Crippen LogP contribution in [0, 0.1) is 5.41 Å². The third kappa shape index (κ3) is 3.53. The summed E-state index contributed by atoms with van der Waals surface area (Å²) in [5, 5.41) is 3.22. The van der Waals surface area contributed by atoms with Gasteiger partial charge in [0, 0.05) is 31.0 Å². The normalized spacial score (nSPS) is 25.8. The van der Waals surface area contributed by atoms with Crippen LogP contribution >= 0.6 is 11.6 Å². The number of nitrogens with one attached hydrogen (secondary N) is 1. The highest BCUT2D eigenvalue weighted by Gasteiger charge is 2.55. The summed E-state index contributed by atoms with van der Waals surface area (Å²) in [7, 11) is 0. The van der Waals surface area contributed by atoms with Crippen molar-refractivity contribution in [1.82, 2.24) is 10.2 Å². The molecule has 0 aliphatic carbocycles. The number of nitrogens with zero attached hydrogens (tertiary/aromatic N) is 1. The first-order valence-corrected chi connectivity index (χ1v) is 8.36. The Hall–Kier alpha value is -1.69. The molecule has 0 radical (unpaired) electrons. The number of hydrogen-bond donors (Lipinski definition) is 1. The van der Waals surface area contributed by atoms with Gasteiger partial charge in [-0.25, -0.2) is 8.78 Å². The third-order valence-corrected chi connectivity index (χ3v) is 5.03. The molecule has 2 aliphatic rings. The highest BCUT2D eigenvalue weighted by atomic mass is 35.5. The summed E-state index contributed by atoms with van der Waals surface area (Å²) in [6.45, 7) is -0.142. The van der Waals surface area contributed by atoms with E-state index in [9.17, 15) is 18.4 Å². The summed E-state index contributed by atoms with van der Waals surface area (Å²) < 4.78 is 28.2. The lowest BCUT2D eigenvalue weighted by atomic mass is 9.77. The number of alkyl halides is 2. The van der Waals surface area contributed by atoms with Crippen molar-refractivity contribution in [3.63, 3.8) is 0 Å². The molecule has 0 saturated carbocycles. The minimum Gasteiger partial charge on any atom is -0.356 e. The van der Waals surface area contributed by atoms with Crippen LogP contribution in [0.15, 0.2) is 24.3 Å². The average molecular weight is 357 g/mol. The fourth-order valence-corrected chi connectivity index (χ4v) is 3.71. The summed E-state index contributed by atoms with van der Waals surface area (Å²) in [5.41, 5.74) is -0.220. The van der Waals surface area contributed by atoms with E-state index in [1.54, 1.807) is 12.1 Å². The van der Waals surface area contributed by atoms with Gasteiger partial charge in [0.25, 0.3) is 5.92 Å². The maximum Gasteiger partial charge on any atom is 0.266 e. The van der Waals surface area contributed by atoms with Crippen LogP contribution in [0.1, 0.15) is 24.8 Å². The molecule has 0 aromatic heterocycles. The second-order valence-corrected chi connectivity index (χ2v) is 7.13. The zero-order valence-electron chi connectivity index (χ0n) is 13.2. The number of halogens is 3. The Morgan fingerprint density at radius 3 is 2.58 bits per heavy atom. The van der Waals surface area contributed by atoms with Gasteiger partial charge in [0.2, 0.25) is 11.8 Å². The first-order chi connectivity index (χ1) is 11.3. The summed E-state index contributed by atoms with van der Waals surface area (Å²) in [6, 6.07) is 7.08. The van der Waals surface area contributed by atoms with Gasteiger partial charge < -0.3 is 10.2 Å². The summed E-state index contributed by atoms with van der Waals surface area (Å²) in [4.78, 5) is 25.6. The smallest absolute Gasteiger partial charge is 0.266 e. The number of benzene rings is 1. The van der Waals surface area contributed by atoms with Gasteiger partial charge in [0.1, 0.15) is 0 Å². The van der Waals surface area contributed by atoms with Gasteiger partial charge in [-0.3, -0.25) is 9.59 Å². The van der Waals surface area contributed by atoms with Crippen molar-refractivity contribution in [2.75, 3.05) is 19.6 Å². The van der Waals surface area contributed by atoms with Crippen LogP contribution in [0.25, 0.3) is 0 Å². The molecule has 2 fully saturated rings. The molecule has 2 aliphatic heterocycles. The van der Waals surface area contributed by atoms with Gasteiger partial charge in [0.15, 0.2) is 0 Å². The van der Waals surface area contributed by atoms with Crippen LogP contribution in [0.5, 0.6) is 0 Å². The molecule has 4 nitrogen and oxygen atoms in total. The van der Waals surface area contributed by atoms with E-state index in [2.05, 4.69) is 5.32 Å². The van der Waals surface area contributed by atoms with Gasteiger partial charge in [0.05, 0.1) is 12.0 Å². The molecule has 1 aromatic carbocycles. The van der Waals surface area contributed by atoms with Crippen molar-refractivity contribution in [1.29, 1.82) is 0 Å². The van der Waals surface area contributed by atoms with Crippen molar-refractivity contribution in [2.45, 2.75) is 31.6 Å². The molecule has 130 valence electrons. The van der Waals surface area contributed by atoms with Crippen LogP contribution in [-0.4, -0.2) is 42.3 Å². The predicted molar refractivity (Wildman–Crippen MR) is 86.0 cm³/mol. The molecular formula is C17H19ClF2N2O2. The summed E-state index contributed by atoms with van der Waals surface area (Å²) in [6.07, 6.45) is 0.460. The Labute approximate surface area is 144 Å². The van der Waals surface area contributed by atoms with Crippen molar-refractivity contribution < 1.29 is 18.4 Å². The maximum absolute atomic E-state index is 14.1. The zero-order chi connectivity index (χ0) is 17.4. The zero-order valence-corrected chi connectivity index (χ0v) is 13.9. The number of hydrogen-bond acceptors (Lipinski definition) is 2. The molecule has 0 bridgehead atoms. The minimum atomic E-state index is -3.03. The molecule has 1 aromatic rings. The minimum absolute atomic E-state index is 0.0773. The van der Waals surface area contributed by atoms with Gasteiger partial charge in [-0.2, -0.15) is 0 Å². The molecular weight excluding hydrogens is 338 g/mol. The third-order valence-electron chi connectivity index (χ3n) is 4.78. The molecule has 1 spiro atoms. The number of rotatable bonds is 3. The van der Waals surface area contributed by atoms with Gasteiger partial charge in [-0.05, 0) is 30.5 Å². The topological polar surface area (TPSA) is 49.4 Å². The van der Waals surface area contributed by atoms with E-state index in [1.165, 1.54) is 0 Å². The Morgan fingerprint density at radius 1 is 1.25 bits per heavy atom. The van der Waals surface area contributed by atoms with E-state index < -0.39 is 24.3 Å². The van der Waals surface area contributed by atoms with Crippen molar-refractivity contribution in [2.24, 2.45) is 5.41 Å². The van der Waals surface area contributed by atoms with Crippen LogP contribution in [-0.2, 0) is 16.0 Å². The second-order valence-electron chi connectivity index (χ2n) is 6.70. The Morgan fingerprint density at radius 2 is 1.96 bits per heavy atom. The number of piperidine rings is 1. The van der Waals surface area contributed by atoms with E-state index in [4.69, 9.17) is 11.6 Å². The predicted octanol–water partition coefficient (Wildman–Crippen LogP) is 2.65. The van der Waals surface area contributed by atoms with E-state index in [-0.39, 0.29) is 24.8 Å². The molecule has 3 rings (SSSR count). The lowest BCUT2D eigenvalue weighted by Crippen LogP contribution is -2.56. The van der Waals surface area contributed by atoms with E-state index in [0.29, 0.717) is 24.4 Å². The first kappa shape index (κ1) is 17.1. The van der Waals surface area contributed by atoms with E-state index in [1.807, 2.05) is 12.1 Å². The SMILES string of the molecule is O=C(CCc1ccc(Cl)cc1)N1CC(F)(F)CC2(CCNC2=O)C1. The van der Waals surface area contributed by atoms with Gasteiger partial charge in [-0.1, -0.05) is 23.7 Å². The highest BCUT2D eigenvalue weighted by molar-refractivity contribution is 6.30. The Kier molecular flexibility index (Phi) is 4.51. The van der Waals surface area contributed by atoms with Crippen molar-refractivity contribution in [3.05, 3.63) is 34.9 Å². The van der Waals surface area contributed by atoms with E-state index >= 15 is 0 Å². The summed E-state index contributed by atoms with van der Waals surface area (Å²) >= 11 is 5.81. The largest absolute Gasteiger partial charge is 0.356 e. The van der Waals surface area contributed by atoms with Crippen LogP contribution in [0.3, 0.4) is 0 Å². The molecule has 7 heteroatoms. The van der Waals surface area contributed by atoms with Gasteiger partial charge >= 0.3 is 0 Å². The lowest BCUT2D eigenvalue weighted by molar-refractivity contribution is -0.160. The maximum atomic E-state index is 14.1. The Balaban J connectivity index is 1.67. The number of carbonyl (C=O) groups is 2. The summed E-state index contributed by atoms with van der Waals surface area (Å²) in [5.74, 6) is -3.74. The standard InChI is InChI=1S/C17H19ClF2N2O2/c18-13-4-1-12(2-5-13)3-6-14(23)22-10-16(7-8-21-15(16)24)9-17(19,20)11-22/h1-2,4-5H,3,6-11H2,(H,21,24). The lowest BCUT2D eigenvalue weighted by Gasteiger charge is -2.42.